The van der Waals surface area contributed by atoms with Crippen LogP contribution in [0.1, 0.15) is 5.69 Å². The number of hydrogen-bond acceptors (Lipinski definition) is 2. The number of H-pyrrole nitrogens is 1. The molecule has 0 saturated carbocycles. The van der Waals surface area contributed by atoms with Gasteiger partial charge >= 0.3 is 0 Å². The molecular weight excluding hydrogens is 210 g/mol. The molecule has 0 bridgehead atoms. The zero-order valence-electron chi connectivity index (χ0n) is 8.44. The molecule has 0 atom stereocenters. The first-order valence-corrected chi connectivity index (χ1v) is 5.07. The highest BCUT2D eigenvalue weighted by atomic mass is 35.5. The fourth-order valence-electron chi connectivity index (χ4n) is 1.41. The standard InChI is InChI=1S/C11H12ClN3/c1-15(7-10-6-13-8-14-10)11-4-2-9(12)3-5-11/h2-6,8H,7H2,1H3,(H,13,14). The minimum Gasteiger partial charge on any atom is -0.369 e. The van der Waals surface area contributed by atoms with E-state index in [0.29, 0.717) is 0 Å². The van der Waals surface area contributed by atoms with Gasteiger partial charge in [-0.25, -0.2) is 4.98 Å². The van der Waals surface area contributed by atoms with E-state index in [1.54, 1.807) is 6.33 Å². The van der Waals surface area contributed by atoms with E-state index >= 15 is 0 Å². The summed E-state index contributed by atoms with van der Waals surface area (Å²) in [6.45, 7) is 0.807. The molecule has 1 aromatic heterocycles. The van der Waals surface area contributed by atoms with Gasteiger partial charge in [-0.1, -0.05) is 11.6 Å². The molecule has 1 N–H and O–H groups in total. The van der Waals surface area contributed by atoms with Crippen LogP contribution < -0.4 is 4.90 Å². The van der Waals surface area contributed by atoms with Crippen molar-refractivity contribution < 1.29 is 0 Å². The summed E-state index contributed by atoms with van der Waals surface area (Å²) in [7, 11) is 2.03. The van der Waals surface area contributed by atoms with Gasteiger partial charge in [0.2, 0.25) is 0 Å². The van der Waals surface area contributed by atoms with Gasteiger partial charge in [-0.15, -0.1) is 0 Å². The van der Waals surface area contributed by atoms with Crippen molar-refractivity contribution in [2.24, 2.45) is 0 Å². The van der Waals surface area contributed by atoms with Gasteiger partial charge in [0.15, 0.2) is 0 Å². The van der Waals surface area contributed by atoms with E-state index in [2.05, 4.69) is 14.9 Å². The smallest absolute Gasteiger partial charge is 0.0922 e. The van der Waals surface area contributed by atoms with Gasteiger partial charge in [0.1, 0.15) is 0 Å². The molecule has 0 aliphatic carbocycles. The van der Waals surface area contributed by atoms with Crippen molar-refractivity contribution in [1.82, 2.24) is 9.97 Å². The van der Waals surface area contributed by atoms with Crippen molar-refractivity contribution in [1.29, 1.82) is 0 Å². The van der Waals surface area contributed by atoms with Crippen molar-refractivity contribution in [3.63, 3.8) is 0 Å². The molecule has 78 valence electrons. The van der Waals surface area contributed by atoms with Gasteiger partial charge in [-0.3, -0.25) is 0 Å². The molecule has 4 heteroatoms. The highest BCUT2D eigenvalue weighted by Gasteiger charge is 2.02. The third-order valence-electron chi connectivity index (χ3n) is 2.23. The molecule has 0 amide bonds. The van der Waals surface area contributed by atoms with Crippen LogP contribution in [0.25, 0.3) is 0 Å². The Labute approximate surface area is 93.7 Å². The van der Waals surface area contributed by atoms with Crippen LogP contribution in [-0.2, 0) is 6.54 Å². The second-order valence-corrected chi connectivity index (χ2v) is 3.85. The van der Waals surface area contributed by atoms with E-state index in [0.717, 1.165) is 22.9 Å². The van der Waals surface area contributed by atoms with Crippen LogP contribution in [0.2, 0.25) is 5.02 Å². The lowest BCUT2D eigenvalue weighted by molar-refractivity contribution is 0.894. The van der Waals surface area contributed by atoms with E-state index in [-0.39, 0.29) is 0 Å². The summed E-state index contributed by atoms with van der Waals surface area (Å²) < 4.78 is 0. The van der Waals surface area contributed by atoms with E-state index in [1.807, 2.05) is 37.5 Å². The van der Waals surface area contributed by atoms with Crippen LogP contribution in [0, 0.1) is 0 Å². The maximum absolute atomic E-state index is 5.82. The van der Waals surface area contributed by atoms with Gasteiger partial charge < -0.3 is 9.88 Å². The van der Waals surface area contributed by atoms with Crippen LogP contribution in [0.5, 0.6) is 0 Å². The monoisotopic (exact) mass is 221 g/mol. The van der Waals surface area contributed by atoms with E-state index in [1.165, 1.54) is 0 Å². The minimum atomic E-state index is 0.758. The Bertz CT molecular complexity index is 408. The van der Waals surface area contributed by atoms with Crippen molar-refractivity contribution in [3.05, 3.63) is 47.5 Å². The van der Waals surface area contributed by atoms with Crippen LogP contribution >= 0.6 is 11.6 Å². The highest BCUT2D eigenvalue weighted by molar-refractivity contribution is 6.30. The summed E-state index contributed by atoms with van der Waals surface area (Å²) in [5.41, 5.74) is 2.22. The lowest BCUT2D eigenvalue weighted by Gasteiger charge is -2.18. The third-order valence-corrected chi connectivity index (χ3v) is 2.48. The first-order valence-electron chi connectivity index (χ1n) is 4.69. The molecule has 0 aliphatic heterocycles. The van der Waals surface area contributed by atoms with Crippen molar-refractivity contribution >= 4 is 17.3 Å². The largest absolute Gasteiger partial charge is 0.369 e. The fraction of sp³-hybridized carbons (Fsp3) is 0.182. The van der Waals surface area contributed by atoms with Crippen LogP contribution in [0.4, 0.5) is 5.69 Å². The number of rotatable bonds is 3. The Kier molecular flexibility index (Phi) is 2.92. The topological polar surface area (TPSA) is 31.9 Å². The highest BCUT2D eigenvalue weighted by Crippen LogP contribution is 2.17. The number of imidazole rings is 1. The van der Waals surface area contributed by atoms with Crippen molar-refractivity contribution in [2.45, 2.75) is 6.54 Å². The van der Waals surface area contributed by atoms with Crippen molar-refractivity contribution in [2.75, 3.05) is 11.9 Å². The first kappa shape index (κ1) is 10.1. The quantitative estimate of drug-likeness (QED) is 0.864. The molecule has 0 fully saturated rings. The average Bonchev–Trinajstić information content (AvgIpc) is 2.71. The summed E-state index contributed by atoms with van der Waals surface area (Å²) in [5.74, 6) is 0. The van der Waals surface area contributed by atoms with Gasteiger partial charge in [-0.05, 0) is 24.3 Å². The van der Waals surface area contributed by atoms with E-state index < -0.39 is 0 Å². The molecule has 2 aromatic rings. The van der Waals surface area contributed by atoms with Crippen LogP contribution in [0.15, 0.2) is 36.8 Å². The van der Waals surface area contributed by atoms with Gasteiger partial charge in [0.05, 0.1) is 18.6 Å². The molecule has 1 heterocycles. The van der Waals surface area contributed by atoms with Gasteiger partial charge in [-0.2, -0.15) is 0 Å². The summed E-state index contributed by atoms with van der Waals surface area (Å²) in [5, 5.41) is 0.758. The Balaban J connectivity index is 2.08. The van der Waals surface area contributed by atoms with Crippen LogP contribution in [-0.4, -0.2) is 17.0 Å². The summed E-state index contributed by atoms with van der Waals surface area (Å²) in [6, 6.07) is 7.78. The Morgan fingerprint density at radius 1 is 1.33 bits per heavy atom. The molecule has 3 nitrogen and oxygen atoms in total. The molecule has 15 heavy (non-hydrogen) atoms. The summed E-state index contributed by atoms with van der Waals surface area (Å²) in [6.07, 6.45) is 3.51. The van der Waals surface area contributed by atoms with Crippen LogP contribution in [0.3, 0.4) is 0 Å². The predicted octanol–water partition coefficient (Wildman–Crippen LogP) is 2.70. The average molecular weight is 222 g/mol. The maximum Gasteiger partial charge on any atom is 0.0922 e. The van der Waals surface area contributed by atoms with E-state index in [9.17, 15) is 0 Å². The molecule has 0 radical (unpaired) electrons. The molecule has 0 unspecified atom stereocenters. The fourth-order valence-corrected chi connectivity index (χ4v) is 1.54. The second kappa shape index (κ2) is 4.36. The number of hydrogen-bond donors (Lipinski definition) is 1. The maximum atomic E-state index is 5.82. The molecule has 0 saturated heterocycles. The molecule has 2 rings (SSSR count). The molecular formula is C11H12ClN3. The third kappa shape index (κ3) is 2.50. The number of halogens is 1. The number of benzene rings is 1. The lowest BCUT2D eigenvalue weighted by atomic mass is 10.3. The summed E-state index contributed by atoms with van der Waals surface area (Å²) in [4.78, 5) is 9.18. The summed E-state index contributed by atoms with van der Waals surface area (Å²) >= 11 is 5.82. The minimum absolute atomic E-state index is 0.758. The zero-order valence-corrected chi connectivity index (χ0v) is 9.20. The number of aromatic amines is 1. The predicted molar refractivity (Wildman–Crippen MR) is 62.1 cm³/mol. The number of nitrogens with zero attached hydrogens (tertiary/aromatic N) is 2. The Hall–Kier alpha value is -1.48. The molecule has 0 aliphatic rings. The molecule has 1 aromatic carbocycles. The Morgan fingerprint density at radius 3 is 2.67 bits per heavy atom. The molecule has 0 spiro atoms. The zero-order chi connectivity index (χ0) is 10.7. The number of aromatic nitrogens is 2. The number of nitrogens with one attached hydrogen (secondary N) is 1. The number of anilines is 1. The second-order valence-electron chi connectivity index (χ2n) is 3.41. The van der Waals surface area contributed by atoms with Crippen molar-refractivity contribution in [3.8, 4) is 0 Å². The lowest BCUT2D eigenvalue weighted by Crippen LogP contribution is -2.16. The Morgan fingerprint density at radius 2 is 2.07 bits per heavy atom. The van der Waals surface area contributed by atoms with Gasteiger partial charge in [0, 0.05) is 24.0 Å². The van der Waals surface area contributed by atoms with E-state index in [4.69, 9.17) is 11.6 Å². The normalized spacial score (nSPS) is 10.3. The first-order chi connectivity index (χ1) is 7.25. The SMILES string of the molecule is CN(Cc1cnc[nH]1)c1ccc(Cl)cc1. The van der Waals surface area contributed by atoms with Gasteiger partial charge in [0.25, 0.3) is 0 Å².